The average molecular weight is 368 g/mol. The molecule has 6 heteroatoms. The third-order valence-electron chi connectivity index (χ3n) is 3.87. The summed E-state index contributed by atoms with van der Waals surface area (Å²) in [5.74, 6) is -0.898. The zero-order chi connectivity index (χ0) is 19.5. The Morgan fingerprint density at radius 2 is 1.67 bits per heavy atom. The number of ether oxygens (including phenoxy) is 2. The summed E-state index contributed by atoms with van der Waals surface area (Å²) >= 11 is 0. The molecule has 0 aliphatic carbocycles. The van der Waals surface area contributed by atoms with Crippen LogP contribution in [0.3, 0.4) is 0 Å². The van der Waals surface area contributed by atoms with Gasteiger partial charge in [-0.05, 0) is 49.9 Å². The fourth-order valence-corrected chi connectivity index (χ4v) is 2.39. The van der Waals surface area contributed by atoms with Crippen LogP contribution >= 0.6 is 0 Å². The van der Waals surface area contributed by atoms with Crippen LogP contribution in [0.4, 0.5) is 0 Å². The lowest BCUT2D eigenvalue weighted by molar-refractivity contribution is -0.137. The van der Waals surface area contributed by atoms with Crippen molar-refractivity contribution in [1.82, 2.24) is 4.98 Å². The minimum atomic E-state index is -1.20. The first-order valence-corrected chi connectivity index (χ1v) is 8.80. The van der Waals surface area contributed by atoms with Crippen molar-refractivity contribution in [3.8, 4) is 17.0 Å². The number of hydrogen-bond acceptors (Lipinski definition) is 5. The first-order chi connectivity index (χ1) is 13.1. The van der Waals surface area contributed by atoms with E-state index in [0.29, 0.717) is 19.0 Å². The Morgan fingerprint density at radius 3 is 2.26 bits per heavy atom. The van der Waals surface area contributed by atoms with Crippen molar-refractivity contribution in [3.63, 3.8) is 0 Å². The van der Waals surface area contributed by atoms with Crippen molar-refractivity contribution in [2.24, 2.45) is 0 Å². The lowest BCUT2D eigenvalue weighted by atomic mass is 10.1. The number of carbonyl (C=O) groups is 2. The van der Waals surface area contributed by atoms with Crippen molar-refractivity contribution in [1.29, 1.82) is 0 Å². The molecule has 2 aromatic rings. The Hall–Kier alpha value is -3.15. The van der Waals surface area contributed by atoms with Crippen molar-refractivity contribution in [2.45, 2.75) is 25.7 Å². The summed E-state index contributed by atoms with van der Waals surface area (Å²) < 4.78 is 10.6. The Labute approximate surface area is 158 Å². The minimum Gasteiger partial charge on any atom is -0.492 e. The Morgan fingerprint density at radius 1 is 0.963 bits per heavy atom. The van der Waals surface area contributed by atoms with Gasteiger partial charge in [0, 0.05) is 11.6 Å². The summed E-state index contributed by atoms with van der Waals surface area (Å²) in [5, 5.41) is 10.8. The molecule has 6 nitrogen and oxygen atoms in total. The van der Waals surface area contributed by atoms with E-state index in [9.17, 15) is 14.7 Å². The number of pyridine rings is 1. The van der Waals surface area contributed by atoms with E-state index in [1.807, 2.05) is 12.1 Å². The molecule has 0 saturated carbocycles. The van der Waals surface area contributed by atoms with Crippen LogP contribution in [-0.4, -0.2) is 30.1 Å². The highest BCUT2D eigenvalue weighted by molar-refractivity contribution is 5.87. The van der Waals surface area contributed by atoms with Gasteiger partial charge >= 0.3 is 11.9 Å². The molecule has 1 aromatic carbocycles. The van der Waals surface area contributed by atoms with Crippen LogP contribution in [0, 0.1) is 0 Å². The topological polar surface area (TPSA) is 85.4 Å². The Kier molecular flexibility index (Phi) is 8.03. The van der Waals surface area contributed by atoms with E-state index in [-0.39, 0.29) is 11.5 Å². The second-order valence-corrected chi connectivity index (χ2v) is 5.88. The second-order valence-electron chi connectivity index (χ2n) is 5.88. The van der Waals surface area contributed by atoms with Gasteiger partial charge in [-0.3, -0.25) is 4.98 Å². The molecule has 0 amide bonds. The molecule has 0 spiro atoms. The largest absolute Gasteiger partial charge is 0.492 e. The lowest BCUT2D eigenvalue weighted by Crippen LogP contribution is -2.02. The normalized spacial score (nSPS) is 10.2. The molecule has 0 atom stereocenters. The fourth-order valence-electron chi connectivity index (χ4n) is 2.39. The van der Waals surface area contributed by atoms with E-state index in [4.69, 9.17) is 9.47 Å². The molecule has 0 aliphatic rings. The molecule has 27 heavy (non-hydrogen) atoms. The molecule has 0 N–H and O–H groups in total. The highest BCUT2D eigenvalue weighted by atomic mass is 16.5. The summed E-state index contributed by atoms with van der Waals surface area (Å²) in [7, 11) is 0. The summed E-state index contributed by atoms with van der Waals surface area (Å²) in [5.41, 5.74) is 1.70. The monoisotopic (exact) mass is 368 g/mol. The third kappa shape index (κ3) is 6.93. The first kappa shape index (κ1) is 20.2. The van der Waals surface area contributed by atoms with Crippen LogP contribution < -0.4 is 4.74 Å². The van der Waals surface area contributed by atoms with Crippen LogP contribution in [-0.2, 0) is 14.6 Å². The van der Waals surface area contributed by atoms with Gasteiger partial charge in [0.15, 0.2) is 0 Å². The molecule has 1 heterocycles. The Bertz CT molecular complexity index is 753. The quantitative estimate of drug-likeness (QED) is 0.340. The maximum atomic E-state index is 10.9. The zero-order valence-corrected chi connectivity index (χ0v) is 15.1. The minimum absolute atomic E-state index is 0.137. The van der Waals surface area contributed by atoms with Crippen LogP contribution in [0.1, 0.15) is 36.0 Å². The van der Waals surface area contributed by atoms with Crippen LogP contribution in [0.15, 0.2) is 55.3 Å². The van der Waals surface area contributed by atoms with Crippen molar-refractivity contribution >= 4 is 11.9 Å². The van der Waals surface area contributed by atoms with Gasteiger partial charge in [-0.15, -0.1) is 0 Å². The number of hydrogen-bond donors (Lipinski definition) is 0. The predicted molar refractivity (Wildman–Crippen MR) is 99.8 cm³/mol. The summed E-state index contributed by atoms with van der Waals surface area (Å²) in [6, 6.07) is 10.0. The number of rotatable bonds is 11. The highest BCUT2D eigenvalue weighted by Gasteiger charge is 2.06. The van der Waals surface area contributed by atoms with Crippen LogP contribution in [0.2, 0.25) is 0 Å². The van der Waals surface area contributed by atoms with Crippen molar-refractivity contribution < 1.29 is 24.2 Å². The van der Waals surface area contributed by atoms with Gasteiger partial charge in [0.1, 0.15) is 5.75 Å². The molecular formula is C21H22NO5. The maximum absolute atomic E-state index is 10.9. The lowest BCUT2D eigenvalue weighted by Gasteiger charge is -2.07. The number of unbranched alkanes of at least 4 members (excludes halogenated alkanes) is 3. The van der Waals surface area contributed by atoms with Gasteiger partial charge in [0.25, 0.3) is 0 Å². The van der Waals surface area contributed by atoms with Gasteiger partial charge in [0.2, 0.25) is 0 Å². The van der Waals surface area contributed by atoms with E-state index < -0.39 is 5.97 Å². The SMILES string of the molecule is C=CC(=O)OCCCCCCOc1ccc(-c2ccc(C([O])=O)cc2)nc1. The number of carbonyl (C=O) groups excluding carboxylic acids is 2. The molecular weight excluding hydrogens is 346 g/mol. The van der Waals surface area contributed by atoms with E-state index in [2.05, 4.69) is 11.6 Å². The Balaban J connectivity index is 1.67. The van der Waals surface area contributed by atoms with E-state index in [0.717, 1.165) is 43.0 Å². The number of esters is 1. The summed E-state index contributed by atoms with van der Waals surface area (Å²) in [6.45, 7) is 4.35. The number of nitrogens with zero attached hydrogens (tertiary/aromatic N) is 1. The second kappa shape index (κ2) is 10.8. The predicted octanol–water partition coefficient (Wildman–Crippen LogP) is 3.99. The fraction of sp³-hybridized carbons (Fsp3) is 0.286. The maximum Gasteiger partial charge on any atom is 0.386 e. The van der Waals surface area contributed by atoms with Gasteiger partial charge < -0.3 is 9.47 Å². The molecule has 1 aromatic heterocycles. The standard InChI is InChI=1S/C21H22NO5/c1-2-20(23)27-14-6-4-3-5-13-26-18-11-12-19(22-15-18)16-7-9-17(10-8-16)21(24)25/h2,7-12,15H,1,3-6,13-14H2. The molecule has 0 fully saturated rings. The van der Waals surface area contributed by atoms with Gasteiger partial charge in [-0.1, -0.05) is 18.7 Å². The summed E-state index contributed by atoms with van der Waals surface area (Å²) in [6.07, 6.45) is 6.50. The zero-order valence-electron chi connectivity index (χ0n) is 15.1. The molecule has 0 bridgehead atoms. The van der Waals surface area contributed by atoms with Crippen LogP contribution in [0.25, 0.3) is 11.3 Å². The van der Waals surface area contributed by atoms with Crippen molar-refractivity contribution in [3.05, 3.63) is 60.8 Å². The first-order valence-electron chi connectivity index (χ1n) is 8.80. The highest BCUT2D eigenvalue weighted by Crippen LogP contribution is 2.20. The molecule has 0 aliphatic heterocycles. The third-order valence-corrected chi connectivity index (χ3v) is 3.87. The number of benzene rings is 1. The molecule has 141 valence electrons. The van der Waals surface area contributed by atoms with Crippen LogP contribution in [0.5, 0.6) is 5.75 Å². The van der Waals surface area contributed by atoms with Gasteiger partial charge in [0.05, 0.1) is 30.7 Å². The van der Waals surface area contributed by atoms with E-state index >= 15 is 0 Å². The number of aromatic nitrogens is 1. The molecule has 1 radical (unpaired) electrons. The molecule has 0 unspecified atom stereocenters. The van der Waals surface area contributed by atoms with Gasteiger partial charge in [-0.2, -0.15) is 0 Å². The van der Waals surface area contributed by atoms with E-state index in [1.165, 1.54) is 12.1 Å². The average Bonchev–Trinajstić information content (AvgIpc) is 2.70. The van der Waals surface area contributed by atoms with Gasteiger partial charge in [-0.25, -0.2) is 14.7 Å². The van der Waals surface area contributed by atoms with E-state index in [1.54, 1.807) is 18.3 Å². The smallest absolute Gasteiger partial charge is 0.386 e. The summed E-state index contributed by atoms with van der Waals surface area (Å²) in [4.78, 5) is 26.0. The molecule has 0 saturated heterocycles. The molecule has 2 rings (SSSR count). The van der Waals surface area contributed by atoms with Crippen molar-refractivity contribution in [2.75, 3.05) is 13.2 Å².